The Morgan fingerprint density at radius 3 is 2.76 bits per heavy atom. The van der Waals surface area contributed by atoms with Gasteiger partial charge < -0.3 is 10.6 Å². The van der Waals surface area contributed by atoms with Crippen LogP contribution in [0.15, 0.2) is 36.7 Å². The summed E-state index contributed by atoms with van der Waals surface area (Å²) < 4.78 is 0. The monoisotopic (exact) mass is 280 g/mol. The highest BCUT2D eigenvalue weighted by Crippen LogP contribution is 2.35. The SMILES string of the molecule is C=Cc1c(C)c2c(c(C)c1N/C(C)=C/C=C\C)C=CNC2. The van der Waals surface area contributed by atoms with E-state index in [1.807, 2.05) is 31.4 Å². The second kappa shape index (κ2) is 6.49. The van der Waals surface area contributed by atoms with E-state index in [2.05, 4.69) is 50.1 Å². The van der Waals surface area contributed by atoms with E-state index >= 15 is 0 Å². The average Bonchev–Trinajstić information content (AvgIpc) is 2.50. The van der Waals surface area contributed by atoms with Gasteiger partial charge in [0.25, 0.3) is 0 Å². The summed E-state index contributed by atoms with van der Waals surface area (Å²) in [6.07, 6.45) is 12.3. The minimum Gasteiger partial charge on any atom is -0.387 e. The van der Waals surface area contributed by atoms with E-state index in [1.165, 1.54) is 27.8 Å². The summed E-state index contributed by atoms with van der Waals surface area (Å²) in [4.78, 5) is 0. The minimum absolute atomic E-state index is 0.882. The van der Waals surface area contributed by atoms with Crippen molar-refractivity contribution in [1.29, 1.82) is 0 Å². The van der Waals surface area contributed by atoms with Gasteiger partial charge in [0.1, 0.15) is 0 Å². The normalized spacial score (nSPS) is 14.0. The van der Waals surface area contributed by atoms with Crippen molar-refractivity contribution in [2.45, 2.75) is 34.2 Å². The van der Waals surface area contributed by atoms with Gasteiger partial charge >= 0.3 is 0 Å². The molecule has 0 spiro atoms. The van der Waals surface area contributed by atoms with Crippen molar-refractivity contribution in [2.24, 2.45) is 0 Å². The zero-order valence-electron chi connectivity index (χ0n) is 13.4. The highest BCUT2D eigenvalue weighted by Gasteiger charge is 2.17. The fourth-order valence-electron chi connectivity index (χ4n) is 2.77. The van der Waals surface area contributed by atoms with E-state index < -0.39 is 0 Å². The number of nitrogens with one attached hydrogen (secondary N) is 2. The predicted octanol–water partition coefficient (Wildman–Crippen LogP) is 4.91. The smallest absolute Gasteiger partial charge is 0.0493 e. The molecule has 0 aliphatic carbocycles. The highest BCUT2D eigenvalue weighted by atomic mass is 14.9. The number of hydrogen-bond acceptors (Lipinski definition) is 2. The van der Waals surface area contributed by atoms with Crippen molar-refractivity contribution < 1.29 is 0 Å². The second-order valence-corrected chi connectivity index (χ2v) is 5.35. The fraction of sp³-hybridized carbons (Fsp3) is 0.263. The molecule has 0 unspecified atom stereocenters. The lowest BCUT2D eigenvalue weighted by Gasteiger charge is -2.24. The molecule has 0 fully saturated rings. The summed E-state index contributed by atoms with van der Waals surface area (Å²) >= 11 is 0. The third kappa shape index (κ3) is 2.94. The fourth-order valence-corrected chi connectivity index (χ4v) is 2.77. The molecule has 21 heavy (non-hydrogen) atoms. The molecular weight excluding hydrogens is 256 g/mol. The maximum absolute atomic E-state index is 4.00. The van der Waals surface area contributed by atoms with Gasteiger partial charge in [0.05, 0.1) is 0 Å². The molecule has 1 aliphatic rings. The number of benzene rings is 1. The van der Waals surface area contributed by atoms with Gasteiger partial charge in [-0.2, -0.15) is 0 Å². The van der Waals surface area contributed by atoms with Crippen LogP contribution >= 0.6 is 0 Å². The standard InChI is InChI=1S/C19H24N2/c1-6-8-9-13(3)21-19-15(5)17-10-11-20-12-18(17)14(4)16(19)7-2/h6-11,20-21H,2,12H2,1,3-5H3/b8-6-,13-9+. The first-order valence-electron chi connectivity index (χ1n) is 7.35. The first-order chi connectivity index (χ1) is 10.1. The van der Waals surface area contributed by atoms with Crippen LogP contribution in [0, 0.1) is 13.8 Å². The highest BCUT2D eigenvalue weighted by molar-refractivity contribution is 5.80. The summed E-state index contributed by atoms with van der Waals surface area (Å²) in [7, 11) is 0. The molecule has 2 nitrogen and oxygen atoms in total. The predicted molar refractivity (Wildman–Crippen MR) is 94.1 cm³/mol. The average molecular weight is 280 g/mol. The Morgan fingerprint density at radius 1 is 1.33 bits per heavy atom. The number of anilines is 1. The molecule has 2 rings (SSSR count). The Balaban J connectivity index is 2.58. The molecule has 0 saturated heterocycles. The largest absolute Gasteiger partial charge is 0.387 e. The Hall–Kier alpha value is -2.22. The lowest BCUT2D eigenvalue weighted by Crippen LogP contribution is -2.15. The van der Waals surface area contributed by atoms with Crippen LogP contribution in [-0.2, 0) is 6.54 Å². The lowest BCUT2D eigenvalue weighted by atomic mass is 9.89. The van der Waals surface area contributed by atoms with Gasteiger partial charge in [-0.3, -0.25) is 0 Å². The summed E-state index contributed by atoms with van der Waals surface area (Å²) in [5.41, 5.74) is 8.73. The number of fused-ring (bicyclic) bond motifs is 1. The maximum Gasteiger partial charge on any atom is 0.0493 e. The van der Waals surface area contributed by atoms with Crippen molar-refractivity contribution in [3.63, 3.8) is 0 Å². The van der Waals surface area contributed by atoms with Crippen molar-refractivity contribution >= 4 is 17.8 Å². The van der Waals surface area contributed by atoms with Crippen LogP contribution in [-0.4, -0.2) is 0 Å². The first-order valence-corrected chi connectivity index (χ1v) is 7.35. The number of hydrogen-bond donors (Lipinski definition) is 2. The van der Waals surface area contributed by atoms with Gasteiger partial charge in [-0.05, 0) is 68.3 Å². The summed E-state index contributed by atoms with van der Waals surface area (Å²) in [6, 6.07) is 0. The molecule has 1 aliphatic heterocycles. The van der Waals surface area contributed by atoms with Crippen LogP contribution in [0.4, 0.5) is 5.69 Å². The molecule has 0 radical (unpaired) electrons. The number of allylic oxidation sites excluding steroid dienone is 4. The molecule has 2 heteroatoms. The van der Waals surface area contributed by atoms with E-state index in [9.17, 15) is 0 Å². The van der Waals surface area contributed by atoms with Crippen LogP contribution in [0.2, 0.25) is 0 Å². The zero-order valence-corrected chi connectivity index (χ0v) is 13.4. The van der Waals surface area contributed by atoms with E-state index in [1.54, 1.807) is 0 Å². The molecule has 0 aromatic heterocycles. The molecule has 0 atom stereocenters. The van der Waals surface area contributed by atoms with Crippen LogP contribution in [0.3, 0.4) is 0 Å². The Kier molecular flexibility index (Phi) is 4.69. The third-order valence-electron chi connectivity index (χ3n) is 3.94. The molecule has 2 N–H and O–H groups in total. The maximum atomic E-state index is 4.00. The number of rotatable bonds is 4. The molecule has 0 bridgehead atoms. The van der Waals surface area contributed by atoms with Crippen LogP contribution in [0.5, 0.6) is 0 Å². The van der Waals surface area contributed by atoms with Gasteiger partial charge in [-0.25, -0.2) is 0 Å². The molecular formula is C19H24N2. The molecule has 1 aromatic rings. The summed E-state index contributed by atoms with van der Waals surface area (Å²) in [6.45, 7) is 13.3. The van der Waals surface area contributed by atoms with Crippen molar-refractivity contribution in [1.82, 2.24) is 5.32 Å². The molecule has 0 saturated carbocycles. The molecule has 110 valence electrons. The van der Waals surface area contributed by atoms with Crippen LogP contribution in [0.25, 0.3) is 12.2 Å². The van der Waals surface area contributed by atoms with Crippen molar-refractivity contribution in [3.05, 3.63) is 64.5 Å². The van der Waals surface area contributed by atoms with Gasteiger partial charge in [-0.1, -0.05) is 24.8 Å². The van der Waals surface area contributed by atoms with E-state index in [0.717, 1.165) is 17.9 Å². The van der Waals surface area contributed by atoms with Crippen LogP contribution in [0.1, 0.15) is 41.7 Å². The Labute approximate surface area is 128 Å². The van der Waals surface area contributed by atoms with E-state index in [0.29, 0.717) is 0 Å². The quantitative estimate of drug-likeness (QED) is 0.766. The van der Waals surface area contributed by atoms with E-state index in [4.69, 9.17) is 0 Å². The molecule has 1 heterocycles. The van der Waals surface area contributed by atoms with Gasteiger partial charge in [-0.15, -0.1) is 0 Å². The second-order valence-electron chi connectivity index (χ2n) is 5.35. The Bertz CT molecular complexity index is 646. The first kappa shape index (κ1) is 15.2. The van der Waals surface area contributed by atoms with Crippen LogP contribution < -0.4 is 10.6 Å². The topological polar surface area (TPSA) is 24.1 Å². The molecule has 0 amide bonds. The Morgan fingerprint density at radius 2 is 2.10 bits per heavy atom. The van der Waals surface area contributed by atoms with E-state index in [-0.39, 0.29) is 0 Å². The third-order valence-corrected chi connectivity index (χ3v) is 3.94. The summed E-state index contributed by atoms with van der Waals surface area (Å²) in [5, 5.41) is 6.83. The lowest BCUT2D eigenvalue weighted by molar-refractivity contribution is 0.848. The molecule has 1 aromatic carbocycles. The van der Waals surface area contributed by atoms with Gasteiger partial charge in [0.15, 0.2) is 0 Å². The van der Waals surface area contributed by atoms with Gasteiger partial charge in [0, 0.05) is 23.5 Å². The minimum atomic E-state index is 0.882. The summed E-state index contributed by atoms with van der Waals surface area (Å²) in [5.74, 6) is 0. The van der Waals surface area contributed by atoms with Gasteiger partial charge in [0.2, 0.25) is 0 Å². The zero-order chi connectivity index (χ0) is 15.4. The van der Waals surface area contributed by atoms with Crippen molar-refractivity contribution in [2.75, 3.05) is 5.32 Å². The van der Waals surface area contributed by atoms with Crippen molar-refractivity contribution in [3.8, 4) is 0 Å².